The smallest absolute Gasteiger partial charge is 0.192 e. The van der Waals surface area contributed by atoms with Crippen LogP contribution in [0.25, 0.3) is 0 Å². The summed E-state index contributed by atoms with van der Waals surface area (Å²) < 4.78 is 6.78. The molecule has 1 aromatic rings. The van der Waals surface area contributed by atoms with E-state index >= 15 is 0 Å². The van der Waals surface area contributed by atoms with Crippen molar-refractivity contribution in [3.63, 3.8) is 0 Å². The van der Waals surface area contributed by atoms with Gasteiger partial charge in [-0.1, -0.05) is 64.7 Å². The minimum Gasteiger partial charge on any atom is -0.409 e. The van der Waals surface area contributed by atoms with Gasteiger partial charge in [0.1, 0.15) is 0 Å². The maximum Gasteiger partial charge on any atom is 0.192 e. The first-order valence-corrected chi connectivity index (χ1v) is 12.6. The van der Waals surface area contributed by atoms with Gasteiger partial charge in [0.2, 0.25) is 0 Å². The van der Waals surface area contributed by atoms with E-state index in [4.69, 9.17) is 27.6 Å². The Morgan fingerprint density at radius 3 is 1.96 bits per heavy atom. The molecule has 6 heteroatoms. The minimum absolute atomic E-state index is 0.153. The van der Waals surface area contributed by atoms with Crippen LogP contribution in [0.1, 0.15) is 60.1 Å². The van der Waals surface area contributed by atoms with Gasteiger partial charge in [-0.15, -0.1) is 0 Å². The normalized spacial score (nSPS) is 15.2. The molecule has 3 nitrogen and oxygen atoms in total. The Balaban J connectivity index is 3.14. The van der Waals surface area contributed by atoms with Gasteiger partial charge >= 0.3 is 0 Å². The molecule has 0 aliphatic heterocycles. The zero-order chi connectivity index (χ0) is 19.3. The Labute approximate surface area is 165 Å². The highest BCUT2D eigenvalue weighted by Crippen LogP contribution is 2.36. The van der Waals surface area contributed by atoms with Crippen molar-refractivity contribution in [2.24, 2.45) is 5.41 Å². The summed E-state index contributed by atoms with van der Waals surface area (Å²) in [6.07, 6.45) is 3.15. The van der Waals surface area contributed by atoms with Gasteiger partial charge in [-0.3, -0.25) is 4.98 Å². The van der Waals surface area contributed by atoms with Gasteiger partial charge in [-0.2, -0.15) is 0 Å². The molecule has 0 spiro atoms. The van der Waals surface area contributed by atoms with Crippen LogP contribution in [-0.2, 0) is 4.43 Å². The summed E-state index contributed by atoms with van der Waals surface area (Å²) in [5.41, 5.74) is 1.03. The van der Waals surface area contributed by atoms with E-state index in [1.807, 2.05) is 0 Å². The second-order valence-electron chi connectivity index (χ2n) is 7.86. The fourth-order valence-electron chi connectivity index (χ4n) is 2.82. The number of rotatable bonds is 9. The third kappa shape index (κ3) is 6.21. The van der Waals surface area contributed by atoms with Crippen LogP contribution in [0.2, 0.25) is 28.2 Å². The Morgan fingerprint density at radius 2 is 1.56 bits per heavy atom. The summed E-state index contributed by atoms with van der Waals surface area (Å²) in [5.74, 6) is 0. The van der Waals surface area contributed by atoms with Crippen molar-refractivity contribution in [3.05, 3.63) is 28.0 Å². The Morgan fingerprint density at radius 1 is 1.08 bits per heavy atom. The van der Waals surface area contributed by atoms with Crippen LogP contribution in [0, 0.1) is 5.41 Å². The molecule has 1 rings (SSSR count). The number of nitrogens with zero attached hydrogens (tertiary/aromatic N) is 1. The van der Waals surface area contributed by atoms with Crippen molar-refractivity contribution in [2.75, 3.05) is 6.54 Å². The lowest BCUT2D eigenvalue weighted by molar-refractivity contribution is 0.168. The van der Waals surface area contributed by atoms with Crippen LogP contribution >= 0.6 is 23.2 Å². The summed E-state index contributed by atoms with van der Waals surface area (Å²) in [5, 5.41) is 4.79. The van der Waals surface area contributed by atoms with E-state index in [1.54, 1.807) is 12.4 Å². The molecule has 0 saturated carbocycles. The summed E-state index contributed by atoms with van der Waals surface area (Å²) in [6.45, 7) is 16.3. The van der Waals surface area contributed by atoms with Gasteiger partial charge in [-0.25, -0.2) is 0 Å². The molecule has 0 aromatic carbocycles. The SMILES string of the molecule is CC[Si](CC)(CC)OC(CN[C@H](C)C(C)(C)C)c1c(Cl)cncc1Cl. The van der Waals surface area contributed by atoms with Crippen LogP contribution in [0.5, 0.6) is 0 Å². The topological polar surface area (TPSA) is 34.1 Å². The fourth-order valence-corrected chi connectivity index (χ4v) is 6.24. The summed E-state index contributed by atoms with van der Waals surface area (Å²) in [6, 6.07) is 3.61. The Hall–Kier alpha value is -0.133. The molecule has 0 aliphatic carbocycles. The van der Waals surface area contributed by atoms with E-state index in [2.05, 4.69) is 58.8 Å². The van der Waals surface area contributed by atoms with Gasteiger partial charge in [0, 0.05) is 30.5 Å². The molecule has 0 saturated heterocycles. The highest BCUT2D eigenvalue weighted by Gasteiger charge is 2.34. The van der Waals surface area contributed by atoms with Crippen LogP contribution in [0.3, 0.4) is 0 Å². The van der Waals surface area contributed by atoms with Gasteiger partial charge in [0.25, 0.3) is 0 Å². The number of aromatic nitrogens is 1. The largest absolute Gasteiger partial charge is 0.409 e. The maximum absolute atomic E-state index is 6.78. The second kappa shape index (κ2) is 9.70. The van der Waals surface area contributed by atoms with E-state index in [9.17, 15) is 0 Å². The zero-order valence-electron chi connectivity index (χ0n) is 16.7. The molecule has 1 unspecified atom stereocenters. The van der Waals surface area contributed by atoms with Crippen molar-refractivity contribution >= 4 is 31.5 Å². The van der Waals surface area contributed by atoms with Crippen molar-refractivity contribution in [2.45, 2.75) is 78.7 Å². The number of nitrogens with one attached hydrogen (secondary N) is 1. The molecule has 0 aliphatic rings. The van der Waals surface area contributed by atoms with Crippen LogP contribution in [0.4, 0.5) is 0 Å². The highest BCUT2D eigenvalue weighted by atomic mass is 35.5. The summed E-state index contributed by atoms with van der Waals surface area (Å²) >= 11 is 12.9. The third-order valence-electron chi connectivity index (χ3n) is 5.45. The van der Waals surface area contributed by atoms with Crippen molar-refractivity contribution in [1.29, 1.82) is 0 Å². The molecule has 1 N–H and O–H groups in total. The quantitative estimate of drug-likeness (QED) is 0.478. The number of hydrogen-bond acceptors (Lipinski definition) is 3. The first-order valence-electron chi connectivity index (χ1n) is 9.30. The Bertz CT molecular complexity index is 516. The molecule has 1 heterocycles. The molecule has 1 aromatic heterocycles. The summed E-state index contributed by atoms with van der Waals surface area (Å²) in [7, 11) is -1.80. The maximum atomic E-state index is 6.78. The first-order chi connectivity index (χ1) is 11.6. The molecule has 2 atom stereocenters. The molecule has 0 bridgehead atoms. The number of pyridine rings is 1. The molecular formula is C19H34Cl2N2OSi. The Kier molecular flexibility index (Phi) is 8.89. The molecule has 0 fully saturated rings. The van der Waals surface area contributed by atoms with E-state index in [0.717, 1.165) is 23.7 Å². The van der Waals surface area contributed by atoms with Crippen LogP contribution in [0.15, 0.2) is 12.4 Å². The number of hydrogen-bond donors (Lipinski definition) is 1. The molecule has 144 valence electrons. The van der Waals surface area contributed by atoms with Crippen molar-refractivity contribution < 1.29 is 4.43 Å². The van der Waals surface area contributed by atoms with Crippen molar-refractivity contribution in [1.82, 2.24) is 10.3 Å². The number of halogens is 2. The van der Waals surface area contributed by atoms with E-state index in [-0.39, 0.29) is 11.5 Å². The van der Waals surface area contributed by atoms with E-state index in [0.29, 0.717) is 22.6 Å². The third-order valence-corrected chi connectivity index (χ3v) is 10.7. The predicted octanol–water partition coefficient (Wildman–Crippen LogP) is 6.48. The lowest BCUT2D eigenvalue weighted by Gasteiger charge is -2.36. The average molecular weight is 405 g/mol. The fraction of sp³-hybridized carbons (Fsp3) is 0.737. The van der Waals surface area contributed by atoms with E-state index < -0.39 is 8.32 Å². The standard InChI is InChI=1S/C19H34Cl2N2OSi/c1-8-25(9-2,10-3)24-17(13-23-14(4)19(5,6)7)18-15(20)11-22-12-16(18)21/h11-12,14,17,23H,8-10,13H2,1-7H3/t14-,17?/m1/s1. The predicted molar refractivity (Wildman–Crippen MR) is 112 cm³/mol. The van der Waals surface area contributed by atoms with Gasteiger partial charge in [-0.05, 0) is 30.5 Å². The molecular weight excluding hydrogens is 371 g/mol. The van der Waals surface area contributed by atoms with Gasteiger partial charge in [0.05, 0.1) is 16.1 Å². The monoisotopic (exact) mass is 404 g/mol. The highest BCUT2D eigenvalue weighted by molar-refractivity contribution is 6.73. The second-order valence-corrected chi connectivity index (χ2v) is 13.4. The van der Waals surface area contributed by atoms with Crippen LogP contribution < -0.4 is 5.32 Å². The van der Waals surface area contributed by atoms with Gasteiger partial charge in [0.15, 0.2) is 8.32 Å². The average Bonchev–Trinajstić information content (AvgIpc) is 2.55. The van der Waals surface area contributed by atoms with Crippen molar-refractivity contribution in [3.8, 4) is 0 Å². The summed E-state index contributed by atoms with van der Waals surface area (Å²) in [4.78, 5) is 4.09. The first kappa shape index (κ1) is 22.9. The van der Waals surface area contributed by atoms with E-state index in [1.165, 1.54) is 0 Å². The lowest BCUT2D eigenvalue weighted by atomic mass is 9.88. The lowest BCUT2D eigenvalue weighted by Crippen LogP contribution is -2.44. The zero-order valence-corrected chi connectivity index (χ0v) is 19.3. The minimum atomic E-state index is -1.80. The molecule has 0 radical (unpaired) electrons. The van der Waals surface area contributed by atoms with Gasteiger partial charge < -0.3 is 9.74 Å². The van der Waals surface area contributed by atoms with Crippen LogP contribution in [-0.4, -0.2) is 25.9 Å². The molecule has 0 amide bonds. The molecule has 25 heavy (non-hydrogen) atoms.